The lowest BCUT2D eigenvalue weighted by atomic mass is 9.97. The molecule has 2 heteroatoms. The molecule has 1 fully saturated rings. The van der Waals surface area contributed by atoms with Gasteiger partial charge in [0.2, 0.25) is 0 Å². The minimum absolute atomic E-state index is 0.942. The highest BCUT2D eigenvalue weighted by Crippen LogP contribution is 2.20. The molecule has 0 spiro atoms. The molecular weight excluding hydrogens is 184 g/mol. The van der Waals surface area contributed by atoms with Gasteiger partial charge in [-0.15, -0.1) is 0 Å². The summed E-state index contributed by atoms with van der Waals surface area (Å²) in [6, 6.07) is 4.22. The molecule has 2 heterocycles. The van der Waals surface area contributed by atoms with E-state index in [0.717, 1.165) is 5.92 Å². The maximum atomic E-state index is 2.47. The summed E-state index contributed by atoms with van der Waals surface area (Å²) in [5.41, 5.74) is 0. The average molecular weight is 206 g/mol. The topological polar surface area (TPSA) is 8.17 Å². The van der Waals surface area contributed by atoms with Crippen molar-refractivity contribution in [3.63, 3.8) is 0 Å². The largest absolute Gasteiger partial charge is 0.354 e. The Kier molecular flexibility index (Phi) is 3.84. The first-order valence-electron chi connectivity index (χ1n) is 6.14. The minimum atomic E-state index is 0.942. The predicted octanol–water partition coefficient (Wildman–Crippen LogP) is 2.61. The molecule has 2 rings (SSSR count). The van der Waals surface area contributed by atoms with Gasteiger partial charge in [0, 0.05) is 18.9 Å². The van der Waals surface area contributed by atoms with E-state index >= 15 is 0 Å². The minimum Gasteiger partial charge on any atom is -0.354 e. The third-order valence-corrected chi connectivity index (χ3v) is 3.53. The molecule has 0 bridgehead atoms. The van der Waals surface area contributed by atoms with Crippen molar-refractivity contribution in [2.24, 2.45) is 5.92 Å². The summed E-state index contributed by atoms with van der Waals surface area (Å²) in [5, 5.41) is 0. The van der Waals surface area contributed by atoms with Gasteiger partial charge in [-0.1, -0.05) is 0 Å². The van der Waals surface area contributed by atoms with E-state index in [-0.39, 0.29) is 0 Å². The summed E-state index contributed by atoms with van der Waals surface area (Å²) in [4.78, 5) is 2.47. The molecule has 1 aliphatic rings. The molecule has 0 radical (unpaired) electrons. The van der Waals surface area contributed by atoms with E-state index in [1.165, 1.54) is 45.3 Å². The molecule has 1 aromatic rings. The first kappa shape index (κ1) is 10.7. The molecular formula is C13H22N2. The Bertz CT molecular complexity index is 266. The lowest BCUT2D eigenvalue weighted by Gasteiger charge is -2.15. The van der Waals surface area contributed by atoms with E-state index < -0.39 is 0 Å². The zero-order valence-corrected chi connectivity index (χ0v) is 9.73. The molecule has 0 saturated carbocycles. The van der Waals surface area contributed by atoms with Crippen LogP contribution in [0.5, 0.6) is 0 Å². The van der Waals surface area contributed by atoms with Gasteiger partial charge in [-0.25, -0.2) is 0 Å². The number of hydrogen-bond donors (Lipinski definition) is 0. The molecule has 84 valence electrons. The Morgan fingerprint density at radius 3 is 2.73 bits per heavy atom. The van der Waals surface area contributed by atoms with Crippen molar-refractivity contribution in [1.29, 1.82) is 0 Å². The van der Waals surface area contributed by atoms with Crippen molar-refractivity contribution in [2.75, 3.05) is 20.1 Å². The summed E-state index contributed by atoms with van der Waals surface area (Å²) >= 11 is 0. The zero-order valence-electron chi connectivity index (χ0n) is 9.73. The Morgan fingerprint density at radius 1 is 1.13 bits per heavy atom. The Morgan fingerprint density at radius 2 is 1.93 bits per heavy atom. The maximum absolute atomic E-state index is 2.47. The summed E-state index contributed by atoms with van der Waals surface area (Å²) in [5.74, 6) is 0.942. The number of rotatable bonds is 3. The fraction of sp³-hybridized carbons (Fsp3) is 0.692. The quantitative estimate of drug-likeness (QED) is 0.738. The molecule has 1 aliphatic heterocycles. The Labute approximate surface area is 92.9 Å². The van der Waals surface area contributed by atoms with Crippen LogP contribution in [0.4, 0.5) is 0 Å². The molecule has 0 amide bonds. The molecule has 15 heavy (non-hydrogen) atoms. The van der Waals surface area contributed by atoms with Crippen molar-refractivity contribution in [2.45, 2.75) is 32.2 Å². The SMILES string of the molecule is CN1CCCC(CCn2cccc2)CC1. The molecule has 1 saturated heterocycles. The molecule has 1 unspecified atom stereocenters. The van der Waals surface area contributed by atoms with Gasteiger partial charge in [0.15, 0.2) is 0 Å². The number of likely N-dealkylation sites (tertiary alicyclic amines) is 1. The van der Waals surface area contributed by atoms with Crippen molar-refractivity contribution < 1.29 is 0 Å². The van der Waals surface area contributed by atoms with E-state index in [4.69, 9.17) is 0 Å². The van der Waals surface area contributed by atoms with E-state index in [9.17, 15) is 0 Å². The predicted molar refractivity (Wildman–Crippen MR) is 63.9 cm³/mol. The molecule has 0 N–H and O–H groups in total. The number of nitrogens with zero attached hydrogens (tertiary/aromatic N) is 2. The van der Waals surface area contributed by atoms with Crippen LogP contribution in [0.15, 0.2) is 24.5 Å². The van der Waals surface area contributed by atoms with E-state index in [1.807, 2.05) is 0 Å². The normalized spacial score (nSPS) is 23.9. The van der Waals surface area contributed by atoms with Crippen LogP contribution in [0.25, 0.3) is 0 Å². The fourth-order valence-corrected chi connectivity index (χ4v) is 2.45. The summed E-state index contributed by atoms with van der Waals surface area (Å²) < 4.78 is 2.30. The zero-order chi connectivity index (χ0) is 10.5. The Balaban J connectivity index is 1.74. The first-order chi connectivity index (χ1) is 7.34. The molecule has 0 aliphatic carbocycles. The number of aromatic nitrogens is 1. The lowest BCUT2D eigenvalue weighted by molar-refractivity contribution is 0.335. The van der Waals surface area contributed by atoms with Gasteiger partial charge in [0.25, 0.3) is 0 Å². The standard InChI is InChI=1S/C13H22N2/c1-14-8-4-5-13(6-11-14)7-12-15-9-2-3-10-15/h2-3,9-10,13H,4-8,11-12H2,1H3. The fourth-order valence-electron chi connectivity index (χ4n) is 2.45. The van der Waals surface area contributed by atoms with Gasteiger partial charge in [0.05, 0.1) is 0 Å². The highest BCUT2D eigenvalue weighted by molar-refractivity contribution is 4.90. The van der Waals surface area contributed by atoms with Crippen molar-refractivity contribution in [3.05, 3.63) is 24.5 Å². The third-order valence-electron chi connectivity index (χ3n) is 3.53. The van der Waals surface area contributed by atoms with Crippen LogP contribution >= 0.6 is 0 Å². The Hall–Kier alpha value is -0.760. The van der Waals surface area contributed by atoms with Crippen LogP contribution in [0.2, 0.25) is 0 Å². The number of aryl methyl sites for hydroxylation is 1. The van der Waals surface area contributed by atoms with Crippen molar-refractivity contribution in [1.82, 2.24) is 9.47 Å². The third kappa shape index (κ3) is 3.38. The summed E-state index contributed by atoms with van der Waals surface area (Å²) in [6.07, 6.45) is 9.88. The van der Waals surface area contributed by atoms with E-state index in [1.54, 1.807) is 0 Å². The second-order valence-electron chi connectivity index (χ2n) is 4.81. The monoisotopic (exact) mass is 206 g/mol. The lowest BCUT2D eigenvalue weighted by Crippen LogP contribution is -2.19. The van der Waals surface area contributed by atoms with Crippen LogP contribution < -0.4 is 0 Å². The average Bonchev–Trinajstić information content (AvgIpc) is 2.66. The van der Waals surface area contributed by atoms with Gasteiger partial charge in [-0.2, -0.15) is 0 Å². The second-order valence-corrected chi connectivity index (χ2v) is 4.81. The van der Waals surface area contributed by atoms with Gasteiger partial charge >= 0.3 is 0 Å². The smallest absolute Gasteiger partial charge is 0.0222 e. The van der Waals surface area contributed by atoms with Crippen LogP contribution in [-0.2, 0) is 6.54 Å². The highest BCUT2D eigenvalue weighted by Gasteiger charge is 2.14. The summed E-state index contributed by atoms with van der Waals surface area (Å²) in [7, 11) is 2.24. The van der Waals surface area contributed by atoms with Gasteiger partial charge in [0.1, 0.15) is 0 Å². The van der Waals surface area contributed by atoms with Crippen molar-refractivity contribution in [3.8, 4) is 0 Å². The van der Waals surface area contributed by atoms with Crippen LogP contribution in [0, 0.1) is 5.92 Å². The van der Waals surface area contributed by atoms with Crippen LogP contribution in [0.1, 0.15) is 25.7 Å². The van der Waals surface area contributed by atoms with Gasteiger partial charge in [-0.05, 0) is 63.9 Å². The van der Waals surface area contributed by atoms with Gasteiger partial charge < -0.3 is 9.47 Å². The first-order valence-corrected chi connectivity index (χ1v) is 6.14. The molecule has 2 nitrogen and oxygen atoms in total. The molecule has 1 atom stereocenters. The van der Waals surface area contributed by atoms with E-state index in [2.05, 4.69) is 41.0 Å². The van der Waals surface area contributed by atoms with Crippen molar-refractivity contribution >= 4 is 0 Å². The van der Waals surface area contributed by atoms with Crippen LogP contribution in [-0.4, -0.2) is 29.6 Å². The number of hydrogen-bond acceptors (Lipinski definition) is 1. The maximum Gasteiger partial charge on any atom is 0.0222 e. The molecule has 0 aromatic carbocycles. The summed E-state index contributed by atoms with van der Waals surface area (Å²) in [6.45, 7) is 3.78. The van der Waals surface area contributed by atoms with Gasteiger partial charge in [-0.3, -0.25) is 0 Å². The van der Waals surface area contributed by atoms with E-state index in [0.29, 0.717) is 0 Å². The highest BCUT2D eigenvalue weighted by atomic mass is 15.1. The molecule has 1 aromatic heterocycles. The second kappa shape index (κ2) is 5.36. The van der Waals surface area contributed by atoms with Crippen LogP contribution in [0.3, 0.4) is 0 Å².